The van der Waals surface area contributed by atoms with E-state index in [0.29, 0.717) is 18.8 Å². The van der Waals surface area contributed by atoms with Gasteiger partial charge >= 0.3 is 0 Å². The molecule has 2 N–H and O–H groups in total. The van der Waals surface area contributed by atoms with Crippen molar-refractivity contribution in [3.05, 3.63) is 24.0 Å². The number of rotatable bonds is 3. The maximum Gasteiger partial charge on any atom is 0.253 e. The third-order valence-corrected chi connectivity index (χ3v) is 4.36. The first-order valence-corrected chi connectivity index (χ1v) is 7.59. The minimum absolute atomic E-state index is 0.00839. The summed E-state index contributed by atoms with van der Waals surface area (Å²) in [4.78, 5) is 20.8. The van der Waals surface area contributed by atoms with E-state index < -0.39 is 0 Å². The largest absolute Gasteiger partial charge is 0.506 e. The molecule has 7 heteroatoms. The van der Waals surface area contributed by atoms with Crippen molar-refractivity contribution in [1.82, 2.24) is 20.1 Å². The van der Waals surface area contributed by atoms with Gasteiger partial charge in [0, 0.05) is 32.4 Å². The number of hydrogen-bond donors (Lipinski definition) is 2. The van der Waals surface area contributed by atoms with Gasteiger partial charge in [-0.05, 0) is 13.1 Å². The van der Waals surface area contributed by atoms with Gasteiger partial charge in [0.2, 0.25) is 0 Å². The molecule has 0 radical (unpaired) electrons. The second kappa shape index (κ2) is 6.60. The van der Waals surface area contributed by atoms with E-state index in [9.17, 15) is 9.90 Å². The van der Waals surface area contributed by atoms with Crippen molar-refractivity contribution in [1.29, 1.82) is 0 Å². The standard InChI is InChI=1S/C15H22N4O3/c1-18-2-4-19(5-3-18)14-10-22-9-13(14)17-15(21)11-6-12(20)8-16-7-11/h6-8,13-14,20H,2-5,9-10H2,1H3,(H,17,21)/t13-,14-/m0/s1. The van der Waals surface area contributed by atoms with Crippen LogP contribution in [0.5, 0.6) is 5.75 Å². The number of hydrogen-bond acceptors (Lipinski definition) is 6. The first-order valence-electron chi connectivity index (χ1n) is 7.59. The van der Waals surface area contributed by atoms with Crippen molar-refractivity contribution in [3.8, 4) is 5.75 Å². The average molecular weight is 306 g/mol. The van der Waals surface area contributed by atoms with Crippen LogP contribution in [0.25, 0.3) is 0 Å². The molecule has 2 atom stereocenters. The number of ether oxygens (including phenoxy) is 1. The molecule has 0 saturated carbocycles. The fraction of sp³-hybridized carbons (Fsp3) is 0.600. The number of pyridine rings is 1. The number of carbonyl (C=O) groups excluding carboxylic acids is 1. The first-order chi connectivity index (χ1) is 10.6. The second-order valence-electron chi connectivity index (χ2n) is 5.96. The Labute approximate surface area is 129 Å². The topological polar surface area (TPSA) is 77.9 Å². The van der Waals surface area contributed by atoms with E-state index in [0.717, 1.165) is 26.2 Å². The minimum atomic E-state index is -0.224. The Morgan fingerprint density at radius 1 is 1.32 bits per heavy atom. The Kier molecular flexibility index (Phi) is 4.56. The maximum absolute atomic E-state index is 12.3. The molecule has 0 unspecified atom stereocenters. The average Bonchev–Trinajstić information content (AvgIpc) is 2.96. The van der Waals surface area contributed by atoms with Crippen LogP contribution in [0.1, 0.15) is 10.4 Å². The molecule has 2 aliphatic heterocycles. The molecule has 0 spiro atoms. The van der Waals surface area contributed by atoms with E-state index in [4.69, 9.17) is 4.74 Å². The number of aromatic hydroxyl groups is 1. The van der Waals surface area contributed by atoms with Crippen LogP contribution >= 0.6 is 0 Å². The molecule has 3 heterocycles. The lowest BCUT2D eigenvalue weighted by Crippen LogP contribution is -2.56. The molecule has 0 bridgehead atoms. The van der Waals surface area contributed by atoms with Crippen molar-refractivity contribution >= 4 is 5.91 Å². The van der Waals surface area contributed by atoms with Crippen molar-refractivity contribution in [2.45, 2.75) is 12.1 Å². The SMILES string of the molecule is CN1CCN([C@H]2COC[C@@H]2NC(=O)c2cncc(O)c2)CC1. The monoisotopic (exact) mass is 306 g/mol. The highest BCUT2D eigenvalue weighted by Gasteiger charge is 2.35. The van der Waals surface area contributed by atoms with Crippen LogP contribution in [0.4, 0.5) is 0 Å². The van der Waals surface area contributed by atoms with Gasteiger partial charge in [0.25, 0.3) is 5.91 Å². The number of nitrogens with zero attached hydrogens (tertiary/aromatic N) is 3. The smallest absolute Gasteiger partial charge is 0.253 e. The predicted molar refractivity (Wildman–Crippen MR) is 80.8 cm³/mol. The Balaban J connectivity index is 1.62. The zero-order valence-corrected chi connectivity index (χ0v) is 12.7. The molecule has 1 aromatic rings. The van der Waals surface area contributed by atoms with Crippen LogP contribution in [0, 0.1) is 0 Å². The van der Waals surface area contributed by atoms with Crippen LogP contribution in [-0.2, 0) is 4.74 Å². The van der Waals surface area contributed by atoms with Gasteiger partial charge in [0.1, 0.15) is 5.75 Å². The lowest BCUT2D eigenvalue weighted by molar-refractivity contribution is 0.0828. The summed E-state index contributed by atoms with van der Waals surface area (Å²) in [5.74, 6) is -0.232. The molecule has 2 aliphatic rings. The van der Waals surface area contributed by atoms with E-state index in [1.807, 2.05) is 0 Å². The van der Waals surface area contributed by atoms with Crippen molar-refractivity contribution in [2.75, 3.05) is 46.4 Å². The molecule has 1 amide bonds. The number of nitrogens with one attached hydrogen (secondary N) is 1. The highest BCUT2D eigenvalue weighted by Crippen LogP contribution is 2.16. The Bertz CT molecular complexity index is 531. The summed E-state index contributed by atoms with van der Waals surface area (Å²) in [6, 6.07) is 1.60. The Morgan fingerprint density at radius 3 is 2.82 bits per heavy atom. The summed E-state index contributed by atoms with van der Waals surface area (Å²) in [7, 11) is 2.12. The summed E-state index contributed by atoms with van der Waals surface area (Å²) in [5.41, 5.74) is 0.365. The number of piperazine rings is 1. The van der Waals surface area contributed by atoms with Gasteiger partial charge in [0.15, 0.2) is 0 Å². The third kappa shape index (κ3) is 3.37. The zero-order valence-electron chi connectivity index (χ0n) is 12.7. The van der Waals surface area contributed by atoms with Crippen molar-refractivity contribution in [2.24, 2.45) is 0 Å². The summed E-state index contributed by atoms with van der Waals surface area (Å²) < 4.78 is 5.58. The molecular formula is C15H22N4O3. The molecule has 1 aromatic heterocycles. The predicted octanol–water partition coefficient (Wildman–Crippen LogP) is -0.468. The van der Waals surface area contributed by atoms with E-state index in [1.165, 1.54) is 18.5 Å². The normalized spacial score (nSPS) is 27.0. The molecular weight excluding hydrogens is 284 g/mol. The molecule has 120 valence electrons. The zero-order chi connectivity index (χ0) is 15.5. The Morgan fingerprint density at radius 2 is 2.09 bits per heavy atom. The maximum atomic E-state index is 12.3. The summed E-state index contributed by atoms with van der Waals surface area (Å²) in [5, 5.41) is 12.4. The molecule has 22 heavy (non-hydrogen) atoms. The van der Waals surface area contributed by atoms with Gasteiger partial charge in [-0.2, -0.15) is 0 Å². The molecule has 2 saturated heterocycles. The highest BCUT2D eigenvalue weighted by molar-refractivity contribution is 5.94. The lowest BCUT2D eigenvalue weighted by atomic mass is 10.1. The number of amides is 1. The molecule has 3 rings (SSSR count). The summed E-state index contributed by atoms with van der Waals surface area (Å²) >= 11 is 0. The van der Waals surface area contributed by atoms with E-state index in [1.54, 1.807) is 0 Å². The number of carbonyl (C=O) groups is 1. The molecule has 0 aromatic carbocycles. The number of aromatic nitrogens is 1. The quantitative estimate of drug-likeness (QED) is 0.786. The fourth-order valence-electron chi connectivity index (χ4n) is 3.00. The van der Waals surface area contributed by atoms with Crippen LogP contribution in [-0.4, -0.2) is 84.3 Å². The van der Waals surface area contributed by atoms with Gasteiger partial charge in [-0.25, -0.2) is 0 Å². The van der Waals surface area contributed by atoms with Crippen LogP contribution in [0.3, 0.4) is 0 Å². The molecule has 7 nitrogen and oxygen atoms in total. The molecule has 0 aliphatic carbocycles. The van der Waals surface area contributed by atoms with Crippen LogP contribution in [0.15, 0.2) is 18.5 Å². The van der Waals surface area contributed by atoms with Crippen molar-refractivity contribution < 1.29 is 14.6 Å². The van der Waals surface area contributed by atoms with E-state index in [2.05, 4.69) is 27.1 Å². The van der Waals surface area contributed by atoms with E-state index >= 15 is 0 Å². The summed E-state index contributed by atoms with van der Waals surface area (Å²) in [6.07, 6.45) is 2.76. The van der Waals surface area contributed by atoms with Crippen LogP contribution in [0.2, 0.25) is 0 Å². The van der Waals surface area contributed by atoms with Crippen molar-refractivity contribution in [3.63, 3.8) is 0 Å². The van der Waals surface area contributed by atoms with Gasteiger partial charge in [-0.3, -0.25) is 14.7 Å². The molecule has 2 fully saturated rings. The Hall–Kier alpha value is -1.70. The fourth-order valence-corrected chi connectivity index (χ4v) is 3.00. The van der Waals surface area contributed by atoms with Gasteiger partial charge < -0.3 is 20.1 Å². The summed E-state index contributed by atoms with van der Waals surface area (Å²) in [6.45, 7) is 5.22. The number of likely N-dealkylation sites (N-methyl/N-ethyl adjacent to an activating group) is 1. The van der Waals surface area contributed by atoms with Gasteiger partial charge in [-0.1, -0.05) is 0 Å². The van der Waals surface area contributed by atoms with Crippen LogP contribution < -0.4 is 5.32 Å². The lowest BCUT2D eigenvalue weighted by Gasteiger charge is -2.38. The van der Waals surface area contributed by atoms with Gasteiger partial charge in [-0.15, -0.1) is 0 Å². The van der Waals surface area contributed by atoms with E-state index in [-0.39, 0.29) is 23.7 Å². The van der Waals surface area contributed by atoms with Gasteiger partial charge in [0.05, 0.1) is 37.1 Å². The minimum Gasteiger partial charge on any atom is -0.506 e. The second-order valence-corrected chi connectivity index (χ2v) is 5.96. The third-order valence-electron chi connectivity index (χ3n) is 4.36. The first kappa shape index (κ1) is 15.2. The highest BCUT2D eigenvalue weighted by atomic mass is 16.5.